The highest BCUT2D eigenvalue weighted by molar-refractivity contribution is 5.99. The van der Waals surface area contributed by atoms with Crippen LogP contribution in [0.15, 0.2) is 120 Å². The third-order valence-electron chi connectivity index (χ3n) is 12.1. The number of ether oxygens (including phenoxy) is 6. The average molecular weight is 1010 g/mol. The summed E-state index contributed by atoms with van der Waals surface area (Å²) in [6, 6.07) is 20.1. The summed E-state index contributed by atoms with van der Waals surface area (Å²) in [6.07, 6.45) is 12.7. The molecule has 5 aromatic rings. The molecule has 1 fully saturated rings. The van der Waals surface area contributed by atoms with E-state index in [0.717, 1.165) is 0 Å². The van der Waals surface area contributed by atoms with Crippen molar-refractivity contribution in [1.29, 1.82) is 10.5 Å². The summed E-state index contributed by atoms with van der Waals surface area (Å²) < 4.78 is 44.2. The van der Waals surface area contributed by atoms with Crippen molar-refractivity contribution in [2.45, 2.75) is 6.10 Å². The maximum Gasteiger partial charge on any atom is 0.348 e. The molecule has 0 amide bonds. The number of nitriles is 2. The zero-order valence-corrected chi connectivity index (χ0v) is 41.3. The number of carbonyl (C=O) groups is 5. The van der Waals surface area contributed by atoms with Crippen molar-refractivity contribution < 1.29 is 52.4 Å². The van der Waals surface area contributed by atoms with Gasteiger partial charge < -0.3 is 51.3 Å². The summed E-state index contributed by atoms with van der Waals surface area (Å²) in [5.41, 5.74) is -4.74. The molecule has 75 heavy (non-hydrogen) atoms. The standard InChI is InChI=1S/C54H48N10O11/c1-57-44(26-41-16-11-21-62(41)6)49(67)73-35-54(36-74-50(68)45(58-2)27-42-17-12-22-63(42)7)32-70-31-53(33-71-47(65)37(29-55)24-39-14-9-19-60(39)4,34-72-48(66)38(30-56)25-40-15-10-20-61(40)5)52(54)75-51(69)46(59-3)28-43-18-13-23-64(43)8/h9-28,52H,31-36H2,4-8H3. The van der Waals surface area contributed by atoms with E-state index in [0.29, 0.717) is 28.5 Å². The highest BCUT2D eigenvalue weighted by Crippen LogP contribution is 2.45. The minimum Gasteiger partial charge on any atom is -0.470 e. The Morgan fingerprint density at radius 3 is 1.07 bits per heavy atom. The van der Waals surface area contributed by atoms with Crippen molar-refractivity contribution >= 4 is 60.2 Å². The van der Waals surface area contributed by atoms with Gasteiger partial charge in [0, 0.05) is 94.7 Å². The molecule has 1 aliphatic rings. The number of hydrogen-bond donors (Lipinski definition) is 0. The topological polar surface area (TPSA) is 226 Å². The van der Waals surface area contributed by atoms with Crippen LogP contribution in [0.5, 0.6) is 0 Å². The van der Waals surface area contributed by atoms with Crippen LogP contribution in [-0.4, -0.2) is 98.4 Å². The molecular formula is C54H48N10O11. The molecule has 0 aromatic carbocycles. The van der Waals surface area contributed by atoms with Crippen LogP contribution >= 0.6 is 0 Å². The van der Waals surface area contributed by atoms with Crippen molar-refractivity contribution in [3.8, 4) is 12.1 Å². The fourth-order valence-corrected chi connectivity index (χ4v) is 7.89. The van der Waals surface area contributed by atoms with E-state index in [1.54, 1.807) is 150 Å². The second kappa shape index (κ2) is 24.3. The molecule has 1 aliphatic heterocycles. The molecule has 0 saturated carbocycles. The van der Waals surface area contributed by atoms with E-state index in [9.17, 15) is 34.5 Å². The summed E-state index contributed by atoms with van der Waals surface area (Å²) in [6.45, 7) is 18.9. The molecule has 1 saturated heterocycles. The molecular weight excluding hydrogens is 965 g/mol. The van der Waals surface area contributed by atoms with Crippen LogP contribution in [0.2, 0.25) is 0 Å². The Kier molecular flexibility index (Phi) is 17.6. The van der Waals surface area contributed by atoms with Crippen molar-refractivity contribution in [3.05, 3.63) is 183 Å². The molecule has 0 spiro atoms. The van der Waals surface area contributed by atoms with Gasteiger partial charge >= 0.3 is 29.8 Å². The molecule has 0 aliphatic carbocycles. The van der Waals surface area contributed by atoms with Gasteiger partial charge in [0.25, 0.3) is 17.1 Å². The van der Waals surface area contributed by atoms with E-state index in [2.05, 4.69) is 14.5 Å². The maximum atomic E-state index is 14.7. The Labute approximate surface area is 431 Å². The molecule has 0 radical (unpaired) electrons. The minimum absolute atomic E-state index is 0.393. The molecule has 380 valence electrons. The van der Waals surface area contributed by atoms with E-state index in [4.69, 9.17) is 48.1 Å². The smallest absolute Gasteiger partial charge is 0.348 e. The van der Waals surface area contributed by atoms with Crippen LogP contribution in [0.1, 0.15) is 28.5 Å². The van der Waals surface area contributed by atoms with Gasteiger partial charge in [-0.3, -0.25) is 14.4 Å². The normalized spacial score (nSPS) is 18.0. The quantitative estimate of drug-likeness (QED) is 0.0311. The van der Waals surface area contributed by atoms with E-state index in [-0.39, 0.29) is 0 Å². The van der Waals surface area contributed by atoms with Gasteiger partial charge in [0.15, 0.2) is 0 Å². The zero-order chi connectivity index (χ0) is 54.3. The van der Waals surface area contributed by atoms with Crippen LogP contribution in [0.25, 0.3) is 44.9 Å². The highest BCUT2D eigenvalue weighted by Gasteiger charge is 2.60. The summed E-state index contributed by atoms with van der Waals surface area (Å²) in [5.74, 6) is -6.09. The Bertz CT molecular complexity index is 3040. The average Bonchev–Trinajstić information content (AvgIpc) is 4.28. The molecule has 21 heteroatoms. The number of aromatic nitrogens is 5. The Morgan fingerprint density at radius 1 is 0.520 bits per heavy atom. The lowest BCUT2D eigenvalue weighted by molar-refractivity contribution is -0.246. The number of carbonyl (C=O) groups excluding carboxylic acids is 5. The maximum absolute atomic E-state index is 14.7. The number of esters is 5. The first-order valence-electron chi connectivity index (χ1n) is 22.6. The molecule has 6 rings (SSSR count). The molecule has 5 aromatic heterocycles. The number of rotatable bonds is 19. The van der Waals surface area contributed by atoms with Crippen LogP contribution in [-0.2, 0) is 87.6 Å². The van der Waals surface area contributed by atoms with Gasteiger partial charge in [-0.25, -0.2) is 24.1 Å². The summed E-state index contributed by atoms with van der Waals surface area (Å²) in [5, 5.41) is 20.4. The lowest BCUT2D eigenvalue weighted by atomic mass is 9.67. The van der Waals surface area contributed by atoms with Gasteiger partial charge in [-0.15, -0.1) is 0 Å². The van der Waals surface area contributed by atoms with Crippen LogP contribution in [0, 0.1) is 53.2 Å². The third-order valence-corrected chi connectivity index (χ3v) is 12.1. The summed E-state index contributed by atoms with van der Waals surface area (Å²) >= 11 is 0. The zero-order valence-electron chi connectivity index (χ0n) is 41.3. The Hall–Kier alpha value is -10.1. The minimum atomic E-state index is -2.16. The predicted octanol–water partition coefficient (Wildman–Crippen LogP) is 5.86. The fraction of sp³-hybridized carbons (Fsp3) is 0.259. The summed E-state index contributed by atoms with van der Waals surface area (Å²) in [4.78, 5) is 80.9. The van der Waals surface area contributed by atoms with Gasteiger partial charge in [-0.1, -0.05) is 0 Å². The monoisotopic (exact) mass is 1010 g/mol. The molecule has 1 unspecified atom stereocenters. The Morgan fingerprint density at radius 2 is 0.800 bits per heavy atom. The summed E-state index contributed by atoms with van der Waals surface area (Å²) in [7, 11) is 8.38. The van der Waals surface area contributed by atoms with Crippen LogP contribution < -0.4 is 0 Å². The first kappa shape index (κ1) is 54.2. The van der Waals surface area contributed by atoms with Crippen molar-refractivity contribution in [2.75, 3.05) is 39.6 Å². The number of nitrogens with zero attached hydrogens (tertiary/aromatic N) is 10. The molecule has 0 bridgehead atoms. The second-order valence-corrected chi connectivity index (χ2v) is 17.3. The van der Waals surface area contributed by atoms with Crippen LogP contribution in [0.4, 0.5) is 0 Å². The third kappa shape index (κ3) is 12.9. The largest absolute Gasteiger partial charge is 0.470 e. The number of aryl methyl sites for hydroxylation is 5. The SMILES string of the molecule is [C-]#[N+]C(=Cc1cccn1C)C(=O)OCC1(COC(=O)C(=Cc2cccn2C)[N+]#[C-])COCC(COC(=O)C(C#N)=Cc2cccn2C)(COC(=O)C(C#N)=Cc2cccn2C)C1OC(=O)C(=Cc1cccn1C)[N+]#[C-]. The highest BCUT2D eigenvalue weighted by atomic mass is 16.6. The lowest BCUT2D eigenvalue weighted by Crippen LogP contribution is -2.65. The van der Waals surface area contributed by atoms with Crippen molar-refractivity contribution in [2.24, 2.45) is 46.1 Å². The van der Waals surface area contributed by atoms with Gasteiger partial charge in [-0.05, 0) is 91.0 Å². The first-order valence-corrected chi connectivity index (χ1v) is 22.6. The lowest BCUT2D eigenvalue weighted by Gasteiger charge is -2.51. The van der Waals surface area contributed by atoms with Crippen molar-refractivity contribution in [3.63, 3.8) is 0 Å². The van der Waals surface area contributed by atoms with Gasteiger partial charge in [0.1, 0.15) is 55.8 Å². The molecule has 21 nitrogen and oxygen atoms in total. The van der Waals surface area contributed by atoms with E-state index >= 15 is 0 Å². The van der Waals surface area contributed by atoms with E-state index in [1.165, 1.54) is 30.4 Å². The van der Waals surface area contributed by atoms with Crippen molar-refractivity contribution in [1.82, 2.24) is 22.8 Å². The van der Waals surface area contributed by atoms with Gasteiger partial charge in [0.2, 0.25) is 0 Å². The number of hydrogen-bond acceptors (Lipinski definition) is 13. The fourth-order valence-electron chi connectivity index (χ4n) is 7.89. The van der Waals surface area contributed by atoms with Gasteiger partial charge in [-0.2, -0.15) is 10.5 Å². The second-order valence-electron chi connectivity index (χ2n) is 17.3. The van der Waals surface area contributed by atoms with E-state index < -0.39 is 115 Å². The Balaban J connectivity index is 1.53. The molecule has 0 N–H and O–H groups in total. The van der Waals surface area contributed by atoms with Gasteiger partial charge in [0.05, 0.1) is 43.8 Å². The van der Waals surface area contributed by atoms with E-state index in [1.807, 2.05) is 12.1 Å². The molecule has 6 heterocycles. The molecule has 1 atom stereocenters. The predicted molar refractivity (Wildman–Crippen MR) is 267 cm³/mol. The first-order chi connectivity index (χ1) is 36.0. The van der Waals surface area contributed by atoms with Crippen LogP contribution in [0.3, 0.4) is 0 Å².